The summed E-state index contributed by atoms with van der Waals surface area (Å²) in [7, 11) is 1.69. The Morgan fingerprint density at radius 2 is 2.14 bits per heavy atom. The van der Waals surface area contributed by atoms with Crippen molar-refractivity contribution in [3.05, 3.63) is 35.0 Å². The highest BCUT2D eigenvalue weighted by atomic mass is 16.4. The summed E-state index contributed by atoms with van der Waals surface area (Å²) in [6, 6.07) is 3.92. The van der Waals surface area contributed by atoms with E-state index in [0.29, 0.717) is 6.42 Å². The quantitative estimate of drug-likeness (QED) is 0.779. The minimum Gasteiger partial charge on any atom is -0.480 e. The lowest BCUT2D eigenvalue weighted by Crippen LogP contribution is -2.35. The fourth-order valence-corrected chi connectivity index (χ4v) is 3.12. The molecule has 112 valence electrons. The van der Waals surface area contributed by atoms with Crippen molar-refractivity contribution in [2.75, 3.05) is 7.05 Å². The molecule has 2 aromatic rings. The van der Waals surface area contributed by atoms with Gasteiger partial charge < -0.3 is 20.3 Å². The molecule has 1 aliphatic heterocycles. The Hall–Kier alpha value is -1.85. The molecule has 1 aromatic carbocycles. The first-order chi connectivity index (χ1) is 10.1. The molecule has 2 heterocycles. The topological polar surface area (TPSA) is 66.3 Å². The molecule has 0 saturated carbocycles. The van der Waals surface area contributed by atoms with Crippen molar-refractivity contribution in [3.63, 3.8) is 0 Å². The van der Waals surface area contributed by atoms with Crippen LogP contribution < -0.4 is 10.6 Å². The highest BCUT2D eigenvalue weighted by Gasteiger charge is 2.20. The Morgan fingerprint density at radius 3 is 2.76 bits per heavy atom. The SMILES string of the molecule is CCn1cc(CC(NC)C(=O)O)c2cc3c(cc21)CNC3. The van der Waals surface area contributed by atoms with Gasteiger partial charge in [0.15, 0.2) is 0 Å². The van der Waals surface area contributed by atoms with Gasteiger partial charge in [-0.1, -0.05) is 0 Å². The van der Waals surface area contributed by atoms with E-state index in [-0.39, 0.29) is 0 Å². The molecule has 0 spiro atoms. The third-order valence-electron chi connectivity index (χ3n) is 4.33. The van der Waals surface area contributed by atoms with Gasteiger partial charge in [0.25, 0.3) is 0 Å². The van der Waals surface area contributed by atoms with Gasteiger partial charge in [-0.3, -0.25) is 4.79 Å². The summed E-state index contributed by atoms with van der Waals surface area (Å²) >= 11 is 0. The van der Waals surface area contributed by atoms with Crippen LogP contribution in [0.3, 0.4) is 0 Å². The molecule has 0 radical (unpaired) electrons. The Balaban J connectivity index is 2.08. The standard InChI is InChI=1S/C16H21N3O2/c1-3-19-9-12(5-14(17-2)16(20)21)13-4-10-7-18-8-11(10)6-15(13)19/h4,6,9,14,17-18H,3,5,7-8H2,1-2H3,(H,20,21). The van der Waals surface area contributed by atoms with Crippen molar-refractivity contribution in [2.24, 2.45) is 0 Å². The van der Waals surface area contributed by atoms with Crippen LogP contribution in [-0.2, 0) is 30.8 Å². The second-order valence-electron chi connectivity index (χ2n) is 5.57. The van der Waals surface area contributed by atoms with Crippen LogP contribution in [0.25, 0.3) is 10.9 Å². The van der Waals surface area contributed by atoms with E-state index >= 15 is 0 Å². The van der Waals surface area contributed by atoms with Gasteiger partial charge in [-0.25, -0.2) is 0 Å². The second kappa shape index (κ2) is 5.50. The maximum absolute atomic E-state index is 11.3. The number of nitrogens with one attached hydrogen (secondary N) is 2. The van der Waals surface area contributed by atoms with Gasteiger partial charge in [-0.15, -0.1) is 0 Å². The average molecular weight is 287 g/mol. The predicted octanol–water partition coefficient (Wildman–Crippen LogP) is 1.48. The monoisotopic (exact) mass is 287 g/mol. The fraction of sp³-hybridized carbons (Fsp3) is 0.438. The van der Waals surface area contributed by atoms with Crippen LogP contribution in [0, 0.1) is 0 Å². The number of carboxylic acids is 1. The predicted molar refractivity (Wildman–Crippen MR) is 82.3 cm³/mol. The molecule has 1 aliphatic rings. The van der Waals surface area contributed by atoms with Crippen LogP contribution in [0.4, 0.5) is 0 Å². The molecular weight excluding hydrogens is 266 g/mol. The molecule has 0 fully saturated rings. The number of rotatable bonds is 5. The number of benzene rings is 1. The molecule has 5 heteroatoms. The van der Waals surface area contributed by atoms with E-state index in [0.717, 1.165) is 25.2 Å². The highest BCUT2D eigenvalue weighted by Crippen LogP contribution is 2.28. The molecule has 0 amide bonds. The van der Waals surface area contributed by atoms with Crippen molar-refractivity contribution in [2.45, 2.75) is 39.0 Å². The Morgan fingerprint density at radius 1 is 1.43 bits per heavy atom. The lowest BCUT2D eigenvalue weighted by Gasteiger charge is -2.10. The van der Waals surface area contributed by atoms with E-state index in [1.807, 2.05) is 0 Å². The van der Waals surface area contributed by atoms with Gasteiger partial charge in [-0.2, -0.15) is 0 Å². The van der Waals surface area contributed by atoms with Gasteiger partial charge in [0.2, 0.25) is 0 Å². The Bertz CT molecular complexity index is 690. The van der Waals surface area contributed by atoms with Crippen LogP contribution in [-0.4, -0.2) is 28.7 Å². The van der Waals surface area contributed by atoms with Crippen LogP contribution in [0.5, 0.6) is 0 Å². The second-order valence-corrected chi connectivity index (χ2v) is 5.57. The number of nitrogens with zero attached hydrogens (tertiary/aromatic N) is 1. The number of hydrogen-bond donors (Lipinski definition) is 3. The lowest BCUT2D eigenvalue weighted by molar-refractivity contribution is -0.139. The normalized spacial score (nSPS) is 15.3. The summed E-state index contributed by atoms with van der Waals surface area (Å²) in [5.41, 5.74) is 4.98. The first-order valence-corrected chi connectivity index (χ1v) is 7.38. The van der Waals surface area contributed by atoms with Crippen LogP contribution >= 0.6 is 0 Å². The number of aryl methyl sites for hydroxylation is 1. The van der Waals surface area contributed by atoms with E-state index < -0.39 is 12.0 Å². The van der Waals surface area contributed by atoms with E-state index in [2.05, 4.69) is 40.5 Å². The zero-order valence-electron chi connectivity index (χ0n) is 12.4. The Labute approximate surface area is 124 Å². The van der Waals surface area contributed by atoms with Gasteiger partial charge in [0.05, 0.1) is 0 Å². The number of likely N-dealkylation sites (N-methyl/N-ethyl adjacent to an activating group) is 1. The van der Waals surface area contributed by atoms with Crippen LogP contribution in [0.2, 0.25) is 0 Å². The van der Waals surface area contributed by atoms with Crippen molar-refractivity contribution in [1.29, 1.82) is 0 Å². The summed E-state index contributed by atoms with van der Waals surface area (Å²) in [4.78, 5) is 11.3. The van der Waals surface area contributed by atoms with Gasteiger partial charge in [0, 0.05) is 43.2 Å². The maximum atomic E-state index is 11.3. The summed E-state index contributed by atoms with van der Waals surface area (Å²) in [5.74, 6) is -0.808. The summed E-state index contributed by atoms with van der Waals surface area (Å²) in [6.45, 7) is 4.82. The van der Waals surface area contributed by atoms with Crippen LogP contribution in [0.1, 0.15) is 23.6 Å². The Kier molecular flexibility index (Phi) is 3.69. The zero-order chi connectivity index (χ0) is 15.0. The van der Waals surface area contributed by atoms with Gasteiger partial charge in [0.1, 0.15) is 6.04 Å². The number of fused-ring (bicyclic) bond motifs is 2. The molecule has 1 atom stereocenters. The minimum atomic E-state index is -0.808. The molecule has 3 N–H and O–H groups in total. The first-order valence-electron chi connectivity index (χ1n) is 7.38. The largest absolute Gasteiger partial charge is 0.480 e. The molecule has 0 bridgehead atoms. The van der Waals surface area contributed by atoms with Crippen molar-refractivity contribution < 1.29 is 9.90 Å². The molecule has 1 unspecified atom stereocenters. The smallest absolute Gasteiger partial charge is 0.321 e. The van der Waals surface area contributed by atoms with E-state index in [1.165, 1.54) is 22.0 Å². The third kappa shape index (κ3) is 2.43. The van der Waals surface area contributed by atoms with Crippen molar-refractivity contribution >= 4 is 16.9 Å². The number of carbonyl (C=O) groups is 1. The molecule has 0 saturated heterocycles. The van der Waals surface area contributed by atoms with Crippen LogP contribution in [0.15, 0.2) is 18.3 Å². The summed E-state index contributed by atoms with van der Waals surface area (Å²) in [5, 5.41) is 16.7. The molecule has 0 aliphatic carbocycles. The zero-order valence-corrected chi connectivity index (χ0v) is 12.4. The molecule has 3 rings (SSSR count). The lowest BCUT2D eigenvalue weighted by atomic mass is 10.0. The maximum Gasteiger partial charge on any atom is 0.321 e. The number of carboxylic acid groups (broad SMARTS) is 1. The number of aromatic nitrogens is 1. The first kappa shape index (κ1) is 14.1. The average Bonchev–Trinajstić information content (AvgIpc) is 3.05. The molecule has 5 nitrogen and oxygen atoms in total. The summed E-state index contributed by atoms with van der Waals surface area (Å²) in [6.07, 6.45) is 2.60. The highest BCUT2D eigenvalue weighted by molar-refractivity contribution is 5.87. The van der Waals surface area contributed by atoms with Gasteiger partial charge in [-0.05, 0) is 42.8 Å². The molecular formula is C16H21N3O2. The third-order valence-corrected chi connectivity index (χ3v) is 4.33. The van der Waals surface area contributed by atoms with E-state index in [4.69, 9.17) is 0 Å². The molecule has 1 aromatic heterocycles. The number of aliphatic carboxylic acids is 1. The van der Waals surface area contributed by atoms with E-state index in [9.17, 15) is 9.90 Å². The van der Waals surface area contributed by atoms with Crippen molar-refractivity contribution in [3.8, 4) is 0 Å². The summed E-state index contributed by atoms with van der Waals surface area (Å²) < 4.78 is 2.21. The minimum absolute atomic E-state index is 0.502. The number of hydrogen-bond acceptors (Lipinski definition) is 3. The van der Waals surface area contributed by atoms with Gasteiger partial charge >= 0.3 is 5.97 Å². The van der Waals surface area contributed by atoms with Crippen molar-refractivity contribution in [1.82, 2.24) is 15.2 Å². The molecule has 21 heavy (non-hydrogen) atoms. The van der Waals surface area contributed by atoms with E-state index in [1.54, 1.807) is 7.05 Å². The fourth-order valence-electron chi connectivity index (χ4n) is 3.12.